The maximum atomic E-state index is 4.81. The minimum atomic E-state index is 0.830. The number of nitrogens with one attached hydrogen (secondary N) is 2. The molecular weight excluding hydrogens is 364 g/mol. The zero-order chi connectivity index (χ0) is 19.2. The zero-order valence-corrected chi connectivity index (χ0v) is 16.3. The number of hydrogen-bond acceptors (Lipinski definition) is 4. The normalized spacial score (nSPS) is 11.0. The van der Waals surface area contributed by atoms with E-state index in [0.29, 0.717) is 0 Å². The van der Waals surface area contributed by atoms with Gasteiger partial charge in [-0.25, -0.2) is 4.98 Å². The standard InChI is InChI=1S/C23H20N4S/c1-17-12-14-20(15-13-17)28-23-21(16-24-27-19-10-6-3-7-11-19)25-22(26-23)18-8-4-2-5-9-18/h2-16,27H,1H3,(H,25,26)/b24-16-. The lowest BCUT2D eigenvalue weighted by molar-refractivity contribution is 1.19. The van der Waals surface area contributed by atoms with Crippen molar-refractivity contribution in [3.8, 4) is 11.4 Å². The number of para-hydroxylation sites is 1. The van der Waals surface area contributed by atoms with E-state index >= 15 is 0 Å². The molecule has 0 saturated heterocycles. The molecule has 1 aromatic heterocycles. The second-order valence-corrected chi connectivity index (χ2v) is 7.38. The second kappa shape index (κ2) is 8.59. The predicted molar refractivity (Wildman–Crippen MR) is 117 cm³/mol. The number of imidazole rings is 1. The van der Waals surface area contributed by atoms with Gasteiger partial charge in [0.15, 0.2) is 0 Å². The Morgan fingerprint density at radius 2 is 1.57 bits per heavy atom. The summed E-state index contributed by atoms with van der Waals surface area (Å²) in [7, 11) is 0. The molecule has 0 atom stereocenters. The molecule has 0 aliphatic rings. The smallest absolute Gasteiger partial charge is 0.139 e. The Kier molecular flexibility index (Phi) is 5.54. The molecule has 4 rings (SSSR count). The molecule has 28 heavy (non-hydrogen) atoms. The van der Waals surface area contributed by atoms with Gasteiger partial charge in [0.2, 0.25) is 0 Å². The largest absolute Gasteiger partial charge is 0.336 e. The van der Waals surface area contributed by atoms with Crippen molar-refractivity contribution >= 4 is 23.7 Å². The average molecular weight is 385 g/mol. The molecule has 0 spiro atoms. The van der Waals surface area contributed by atoms with Gasteiger partial charge in [0.1, 0.15) is 10.9 Å². The number of rotatable bonds is 6. The fourth-order valence-corrected chi connectivity index (χ4v) is 3.52. The summed E-state index contributed by atoms with van der Waals surface area (Å²) >= 11 is 1.62. The molecule has 0 aliphatic heterocycles. The van der Waals surface area contributed by atoms with Gasteiger partial charge in [-0.2, -0.15) is 5.10 Å². The zero-order valence-electron chi connectivity index (χ0n) is 15.5. The Morgan fingerprint density at radius 3 is 2.29 bits per heavy atom. The summed E-state index contributed by atoms with van der Waals surface area (Å²) in [5, 5.41) is 5.27. The number of anilines is 1. The van der Waals surface area contributed by atoms with Crippen LogP contribution in [0.3, 0.4) is 0 Å². The molecule has 1 heterocycles. The van der Waals surface area contributed by atoms with E-state index < -0.39 is 0 Å². The lowest BCUT2D eigenvalue weighted by atomic mass is 10.2. The topological polar surface area (TPSA) is 53.1 Å². The van der Waals surface area contributed by atoms with Gasteiger partial charge in [-0.15, -0.1) is 0 Å². The molecule has 4 aromatic rings. The predicted octanol–water partition coefficient (Wildman–Crippen LogP) is 5.98. The molecule has 5 heteroatoms. The summed E-state index contributed by atoms with van der Waals surface area (Å²) in [6.45, 7) is 2.09. The molecule has 2 N–H and O–H groups in total. The molecule has 0 bridgehead atoms. The van der Waals surface area contributed by atoms with Gasteiger partial charge in [-0.05, 0) is 31.2 Å². The monoisotopic (exact) mass is 384 g/mol. The van der Waals surface area contributed by atoms with Crippen LogP contribution in [0.25, 0.3) is 11.4 Å². The third-order valence-electron chi connectivity index (χ3n) is 4.14. The van der Waals surface area contributed by atoms with Gasteiger partial charge < -0.3 is 4.98 Å². The van der Waals surface area contributed by atoms with E-state index in [4.69, 9.17) is 4.98 Å². The van der Waals surface area contributed by atoms with Crippen LogP contribution in [0.5, 0.6) is 0 Å². The van der Waals surface area contributed by atoms with Crippen molar-refractivity contribution in [3.05, 3.63) is 96.2 Å². The average Bonchev–Trinajstić information content (AvgIpc) is 3.14. The molecule has 0 amide bonds. The molecule has 0 unspecified atom stereocenters. The Labute approximate surface area is 168 Å². The highest BCUT2D eigenvalue weighted by atomic mass is 32.2. The summed E-state index contributed by atoms with van der Waals surface area (Å²) in [6.07, 6.45) is 1.78. The fourth-order valence-electron chi connectivity index (χ4n) is 2.67. The van der Waals surface area contributed by atoms with Crippen molar-refractivity contribution in [1.29, 1.82) is 0 Å². The number of hydrogen-bond donors (Lipinski definition) is 2. The first-order valence-electron chi connectivity index (χ1n) is 9.02. The van der Waals surface area contributed by atoms with Crippen molar-refractivity contribution in [2.75, 3.05) is 5.43 Å². The number of aromatic nitrogens is 2. The van der Waals surface area contributed by atoms with Crippen LogP contribution in [-0.2, 0) is 0 Å². The molecule has 0 fully saturated rings. The van der Waals surface area contributed by atoms with Crippen LogP contribution in [0, 0.1) is 6.92 Å². The molecule has 3 aromatic carbocycles. The highest BCUT2D eigenvalue weighted by Crippen LogP contribution is 2.30. The minimum absolute atomic E-state index is 0.830. The van der Waals surface area contributed by atoms with Gasteiger partial charge >= 0.3 is 0 Å². The Morgan fingerprint density at radius 1 is 0.893 bits per heavy atom. The quantitative estimate of drug-likeness (QED) is 0.317. The second-order valence-electron chi connectivity index (χ2n) is 6.32. The summed E-state index contributed by atoms with van der Waals surface area (Å²) in [6, 6.07) is 28.4. The molecule has 4 nitrogen and oxygen atoms in total. The van der Waals surface area contributed by atoms with Crippen molar-refractivity contribution in [1.82, 2.24) is 9.97 Å². The molecular formula is C23H20N4S. The van der Waals surface area contributed by atoms with E-state index in [9.17, 15) is 0 Å². The molecule has 138 valence electrons. The van der Waals surface area contributed by atoms with Crippen LogP contribution < -0.4 is 5.43 Å². The number of benzene rings is 3. The Hall–Kier alpha value is -3.31. The molecule has 0 saturated carbocycles. The number of hydrazone groups is 1. The first-order chi connectivity index (χ1) is 13.8. The van der Waals surface area contributed by atoms with E-state index in [2.05, 4.69) is 46.7 Å². The Balaban J connectivity index is 1.62. The van der Waals surface area contributed by atoms with Crippen LogP contribution in [-0.4, -0.2) is 16.2 Å². The lowest BCUT2D eigenvalue weighted by Crippen LogP contribution is -1.92. The summed E-state index contributed by atoms with van der Waals surface area (Å²) < 4.78 is 0. The highest BCUT2D eigenvalue weighted by Gasteiger charge is 2.12. The van der Waals surface area contributed by atoms with E-state index in [1.165, 1.54) is 5.56 Å². The number of nitrogens with zero attached hydrogens (tertiary/aromatic N) is 2. The maximum Gasteiger partial charge on any atom is 0.139 e. The summed E-state index contributed by atoms with van der Waals surface area (Å²) in [5.41, 5.74) is 7.15. The van der Waals surface area contributed by atoms with Gasteiger partial charge in [-0.3, -0.25) is 5.43 Å². The van der Waals surface area contributed by atoms with E-state index in [1.54, 1.807) is 18.0 Å². The summed E-state index contributed by atoms with van der Waals surface area (Å²) in [5.74, 6) is 0.830. The van der Waals surface area contributed by atoms with Gasteiger partial charge in [0, 0.05) is 10.5 Å². The van der Waals surface area contributed by atoms with Crippen molar-refractivity contribution < 1.29 is 0 Å². The van der Waals surface area contributed by atoms with Gasteiger partial charge in [0.25, 0.3) is 0 Å². The first-order valence-corrected chi connectivity index (χ1v) is 9.84. The van der Waals surface area contributed by atoms with Crippen molar-refractivity contribution in [2.45, 2.75) is 16.8 Å². The van der Waals surface area contributed by atoms with Crippen molar-refractivity contribution in [2.24, 2.45) is 5.10 Å². The van der Waals surface area contributed by atoms with Gasteiger partial charge in [0.05, 0.1) is 17.6 Å². The van der Waals surface area contributed by atoms with E-state index in [0.717, 1.165) is 32.7 Å². The fraction of sp³-hybridized carbons (Fsp3) is 0.0435. The van der Waals surface area contributed by atoms with Gasteiger partial charge in [-0.1, -0.05) is 78.0 Å². The Bertz CT molecular complexity index is 1050. The first kappa shape index (κ1) is 18.1. The van der Waals surface area contributed by atoms with E-state index in [-0.39, 0.29) is 0 Å². The third kappa shape index (κ3) is 4.50. The van der Waals surface area contributed by atoms with Crippen LogP contribution in [0.1, 0.15) is 11.3 Å². The number of aryl methyl sites for hydroxylation is 1. The minimum Gasteiger partial charge on any atom is -0.336 e. The van der Waals surface area contributed by atoms with Crippen LogP contribution in [0.15, 0.2) is 100.0 Å². The SMILES string of the molecule is Cc1ccc(Sc2nc(-c3ccccc3)[nH]c2/C=N\Nc2ccccc2)cc1. The van der Waals surface area contributed by atoms with Crippen LogP contribution >= 0.6 is 11.8 Å². The number of aromatic amines is 1. The lowest BCUT2D eigenvalue weighted by Gasteiger charge is -2.01. The third-order valence-corrected chi connectivity index (χ3v) is 5.15. The highest BCUT2D eigenvalue weighted by molar-refractivity contribution is 7.99. The van der Waals surface area contributed by atoms with E-state index in [1.807, 2.05) is 60.7 Å². The maximum absolute atomic E-state index is 4.81. The molecule has 0 aliphatic carbocycles. The van der Waals surface area contributed by atoms with Crippen LogP contribution in [0.4, 0.5) is 5.69 Å². The molecule has 0 radical (unpaired) electrons. The van der Waals surface area contributed by atoms with Crippen LogP contribution in [0.2, 0.25) is 0 Å². The van der Waals surface area contributed by atoms with Crippen molar-refractivity contribution in [3.63, 3.8) is 0 Å². The summed E-state index contributed by atoms with van der Waals surface area (Å²) in [4.78, 5) is 9.35. The number of H-pyrrole nitrogens is 1.